The van der Waals surface area contributed by atoms with Gasteiger partial charge in [-0.2, -0.15) is 0 Å². The molecule has 3 aromatic carbocycles. The topological polar surface area (TPSA) is 88.1 Å². The van der Waals surface area contributed by atoms with Gasteiger partial charge in [0, 0.05) is 37.3 Å². The maximum absolute atomic E-state index is 13.7. The quantitative estimate of drug-likeness (QED) is 0.290. The van der Waals surface area contributed by atoms with E-state index in [0.29, 0.717) is 37.5 Å². The van der Waals surface area contributed by atoms with Crippen LogP contribution in [0.2, 0.25) is 0 Å². The Labute approximate surface area is 246 Å². The molecule has 2 heterocycles. The van der Waals surface area contributed by atoms with Crippen LogP contribution in [0.15, 0.2) is 91.0 Å². The molecule has 1 fully saturated rings. The standard InChI is InChI=1S/C33H35N5O4/c1-24(25-8-5-4-6-9-25)38(33(40)27-10-7-11-29(22-27)42-3)23-32(39)37-20-18-36(19-21-37)31-17-16-30(34-35-31)26-12-14-28(41-2)15-13-26/h4-17,22,24H,18-21,23H2,1-3H3/t24-/m0/s1. The van der Waals surface area contributed by atoms with Gasteiger partial charge >= 0.3 is 0 Å². The van der Waals surface area contributed by atoms with Crippen LogP contribution in [0.25, 0.3) is 11.3 Å². The molecule has 2 amide bonds. The molecule has 0 bridgehead atoms. The van der Waals surface area contributed by atoms with E-state index in [9.17, 15) is 9.59 Å². The number of hydrogen-bond acceptors (Lipinski definition) is 7. The maximum atomic E-state index is 13.7. The average Bonchev–Trinajstić information content (AvgIpc) is 3.07. The minimum Gasteiger partial charge on any atom is -0.497 e. The lowest BCUT2D eigenvalue weighted by Gasteiger charge is -2.37. The number of rotatable bonds is 9. The van der Waals surface area contributed by atoms with Gasteiger partial charge < -0.3 is 24.2 Å². The molecule has 0 spiro atoms. The van der Waals surface area contributed by atoms with Crippen molar-refractivity contribution >= 4 is 17.6 Å². The minimum absolute atomic E-state index is 0.0253. The molecule has 1 aliphatic heterocycles. The largest absolute Gasteiger partial charge is 0.497 e. The molecule has 0 saturated carbocycles. The zero-order chi connectivity index (χ0) is 29.5. The van der Waals surface area contributed by atoms with Gasteiger partial charge in [0.25, 0.3) is 5.91 Å². The Bertz CT molecular complexity index is 1490. The van der Waals surface area contributed by atoms with Gasteiger partial charge in [-0.05, 0) is 67.1 Å². The van der Waals surface area contributed by atoms with Crippen molar-refractivity contribution < 1.29 is 19.1 Å². The number of hydrogen-bond donors (Lipinski definition) is 0. The number of amides is 2. The van der Waals surface area contributed by atoms with Crippen LogP contribution in [0.3, 0.4) is 0 Å². The van der Waals surface area contributed by atoms with Crippen molar-refractivity contribution in [2.45, 2.75) is 13.0 Å². The zero-order valence-corrected chi connectivity index (χ0v) is 24.1. The molecule has 42 heavy (non-hydrogen) atoms. The van der Waals surface area contributed by atoms with E-state index in [1.165, 1.54) is 0 Å². The fourth-order valence-electron chi connectivity index (χ4n) is 5.06. The highest BCUT2D eigenvalue weighted by Crippen LogP contribution is 2.25. The van der Waals surface area contributed by atoms with Crippen molar-refractivity contribution in [3.8, 4) is 22.8 Å². The number of benzene rings is 3. The lowest BCUT2D eigenvalue weighted by molar-refractivity contribution is -0.132. The van der Waals surface area contributed by atoms with Crippen molar-refractivity contribution in [1.82, 2.24) is 20.0 Å². The van der Waals surface area contributed by atoms with Gasteiger partial charge in [-0.1, -0.05) is 36.4 Å². The normalized spacial score (nSPS) is 13.8. The highest BCUT2D eigenvalue weighted by atomic mass is 16.5. The van der Waals surface area contributed by atoms with E-state index in [4.69, 9.17) is 9.47 Å². The first-order valence-corrected chi connectivity index (χ1v) is 14.0. The van der Waals surface area contributed by atoms with Gasteiger partial charge in [0.1, 0.15) is 18.0 Å². The Hall–Kier alpha value is -4.92. The van der Waals surface area contributed by atoms with E-state index >= 15 is 0 Å². The summed E-state index contributed by atoms with van der Waals surface area (Å²) in [6, 6.07) is 28.1. The van der Waals surface area contributed by atoms with Crippen LogP contribution >= 0.6 is 0 Å². The lowest BCUT2D eigenvalue weighted by Crippen LogP contribution is -2.52. The molecule has 4 aromatic rings. The number of carbonyl (C=O) groups excluding carboxylic acids is 2. The van der Waals surface area contributed by atoms with Gasteiger partial charge in [-0.25, -0.2) is 0 Å². The second-order valence-corrected chi connectivity index (χ2v) is 10.1. The van der Waals surface area contributed by atoms with Crippen molar-refractivity contribution in [3.05, 3.63) is 102 Å². The van der Waals surface area contributed by atoms with Crippen LogP contribution in [0.5, 0.6) is 11.5 Å². The summed E-state index contributed by atoms with van der Waals surface area (Å²) in [5.74, 6) is 1.85. The third kappa shape index (κ3) is 6.52. The Balaban J connectivity index is 1.24. The van der Waals surface area contributed by atoms with Crippen LogP contribution in [0, 0.1) is 0 Å². The molecule has 9 nitrogen and oxygen atoms in total. The van der Waals surface area contributed by atoms with E-state index in [2.05, 4.69) is 15.1 Å². The molecule has 0 aliphatic carbocycles. The van der Waals surface area contributed by atoms with E-state index in [1.807, 2.05) is 78.6 Å². The number of nitrogens with zero attached hydrogens (tertiary/aromatic N) is 5. The summed E-state index contributed by atoms with van der Waals surface area (Å²) in [6.07, 6.45) is 0. The summed E-state index contributed by atoms with van der Waals surface area (Å²) in [7, 11) is 3.21. The zero-order valence-electron chi connectivity index (χ0n) is 24.1. The summed E-state index contributed by atoms with van der Waals surface area (Å²) < 4.78 is 10.6. The molecular formula is C33H35N5O4. The van der Waals surface area contributed by atoms with Crippen LogP contribution < -0.4 is 14.4 Å². The van der Waals surface area contributed by atoms with Crippen LogP contribution in [0.1, 0.15) is 28.9 Å². The molecule has 216 valence electrons. The summed E-state index contributed by atoms with van der Waals surface area (Å²) in [5.41, 5.74) is 3.18. The van der Waals surface area contributed by atoms with Gasteiger partial charge in [-0.3, -0.25) is 9.59 Å². The highest BCUT2D eigenvalue weighted by molar-refractivity contribution is 5.97. The highest BCUT2D eigenvalue weighted by Gasteiger charge is 2.29. The van der Waals surface area contributed by atoms with Gasteiger partial charge in [-0.15, -0.1) is 10.2 Å². The molecule has 0 radical (unpaired) electrons. The molecule has 1 atom stereocenters. The van der Waals surface area contributed by atoms with Crippen molar-refractivity contribution in [2.75, 3.05) is 51.8 Å². The Morgan fingerprint density at radius 1 is 0.810 bits per heavy atom. The van der Waals surface area contributed by atoms with E-state index in [1.54, 1.807) is 43.4 Å². The fourth-order valence-corrected chi connectivity index (χ4v) is 5.06. The number of ether oxygens (including phenoxy) is 2. The van der Waals surface area contributed by atoms with Crippen molar-refractivity contribution in [1.29, 1.82) is 0 Å². The van der Waals surface area contributed by atoms with E-state index < -0.39 is 0 Å². The second kappa shape index (κ2) is 13.2. The second-order valence-electron chi connectivity index (χ2n) is 10.1. The van der Waals surface area contributed by atoms with Crippen LogP contribution in [-0.4, -0.2) is 78.8 Å². The van der Waals surface area contributed by atoms with Gasteiger partial charge in [0.2, 0.25) is 5.91 Å². The smallest absolute Gasteiger partial charge is 0.254 e. The number of carbonyl (C=O) groups is 2. The molecule has 0 unspecified atom stereocenters. The van der Waals surface area contributed by atoms with E-state index in [0.717, 1.165) is 28.4 Å². The first kappa shape index (κ1) is 28.6. The molecule has 1 aliphatic rings. The predicted octanol–water partition coefficient (Wildman–Crippen LogP) is 4.71. The fraction of sp³-hybridized carbons (Fsp3) is 0.273. The van der Waals surface area contributed by atoms with Gasteiger partial charge in [0.05, 0.1) is 26.0 Å². The SMILES string of the molecule is COc1ccc(-c2ccc(N3CCN(C(=O)CN(C(=O)c4cccc(OC)c4)[C@@H](C)c4ccccc4)CC3)nn2)cc1. The third-order valence-electron chi connectivity index (χ3n) is 7.63. The van der Waals surface area contributed by atoms with Crippen molar-refractivity contribution in [3.63, 3.8) is 0 Å². The number of piperazine rings is 1. The summed E-state index contributed by atoms with van der Waals surface area (Å²) in [5, 5.41) is 8.86. The molecular weight excluding hydrogens is 530 g/mol. The molecule has 1 saturated heterocycles. The Morgan fingerprint density at radius 3 is 2.17 bits per heavy atom. The van der Waals surface area contributed by atoms with Crippen LogP contribution in [-0.2, 0) is 4.79 Å². The number of methoxy groups -OCH3 is 2. The summed E-state index contributed by atoms with van der Waals surface area (Å²) >= 11 is 0. The number of anilines is 1. The van der Waals surface area contributed by atoms with Crippen LogP contribution in [0.4, 0.5) is 5.82 Å². The molecule has 9 heteroatoms. The van der Waals surface area contributed by atoms with Gasteiger partial charge in [0.15, 0.2) is 5.82 Å². The minimum atomic E-state index is -0.297. The molecule has 5 rings (SSSR count). The summed E-state index contributed by atoms with van der Waals surface area (Å²) in [4.78, 5) is 32.8. The molecule has 1 aromatic heterocycles. The van der Waals surface area contributed by atoms with E-state index in [-0.39, 0.29) is 24.4 Å². The third-order valence-corrected chi connectivity index (χ3v) is 7.63. The average molecular weight is 566 g/mol. The predicted molar refractivity (Wildman–Crippen MR) is 162 cm³/mol. The molecule has 0 N–H and O–H groups in total. The van der Waals surface area contributed by atoms with Crippen molar-refractivity contribution in [2.24, 2.45) is 0 Å². The Kier molecular flexibility index (Phi) is 8.96. The Morgan fingerprint density at radius 2 is 1.52 bits per heavy atom. The first-order valence-electron chi connectivity index (χ1n) is 14.0. The maximum Gasteiger partial charge on any atom is 0.254 e. The number of aromatic nitrogens is 2. The lowest BCUT2D eigenvalue weighted by atomic mass is 10.1. The monoisotopic (exact) mass is 565 g/mol. The summed E-state index contributed by atoms with van der Waals surface area (Å²) in [6.45, 7) is 4.24. The first-order chi connectivity index (χ1) is 20.5.